The number of hydrogen-bond acceptors (Lipinski definition) is 7. The van der Waals surface area contributed by atoms with E-state index in [4.69, 9.17) is 14.6 Å². The molecule has 0 radical (unpaired) electrons. The minimum Gasteiger partial charge on any atom is -0.490 e. The average molecular weight is 496 g/mol. The molecule has 1 atom stereocenters. The maximum atomic E-state index is 10.9. The number of aromatic nitrogens is 2. The van der Waals surface area contributed by atoms with Crippen LogP contribution in [0.4, 0.5) is 0 Å². The number of carboxylic acid groups (broad SMARTS) is 1. The van der Waals surface area contributed by atoms with Gasteiger partial charge in [0.2, 0.25) is 0 Å². The van der Waals surface area contributed by atoms with E-state index in [9.17, 15) is 9.90 Å². The molecule has 0 saturated heterocycles. The predicted molar refractivity (Wildman–Crippen MR) is 136 cm³/mol. The molecule has 0 unspecified atom stereocenters. The Morgan fingerprint density at radius 1 is 1.17 bits per heavy atom. The van der Waals surface area contributed by atoms with Crippen molar-refractivity contribution in [1.82, 2.24) is 15.3 Å². The second kappa shape index (κ2) is 10.9. The summed E-state index contributed by atoms with van der Waals surface area (Å²) >= 11 is 1.54. The van der Waals surface area contributed by atoms with Gasteiger partial charge in [-0.3, -0.25) is 0 Å². The zero-order valence-corrected chi connectivity index (χ0v) is 20.5. The standard InChI is InChI=1S/C26H29N3O5S/c1-26(2,12-17-13-28-24-19(17)7-5-9-22(24)34-16-23(31)32)29-14-18(30)15-33-21-8-4-3-6-20(21)25-27-10-11-35-25/h3-11,13,18,28-30H,12,14-16H2,1-2H3,(H,31,32)/t18-/m0/s1. The van der Waals surface area contributed by atoms with E-state index in [1.54, 1.807) is 23.6 Å². The number of fused-ring (bicyclic) bond motifs is 1. The molecule has 8 nitrogen and oxygen atoms in total. The summed E-state index contributed by atoms with van der Waals surface area (Å²) in [5, 5.41) is 26.7. The lowest BCUT2D eigenvalue weighted by atomic mass is 9.94. The molecule has 0 aliphatic carbocycles. The van der Waals surface area contributed by atoms with Crippen molar-refractivity contribution >= 4 is 28.2 Å². The van der Waals surface area contributed by atoms with Crippen LogP contribution >= 0.6 is 11.3 Å². The zero-order chi connectivity index (χ0) is 24.8. The van der Waals surface area contributed by atoms with Crippen molar-refractivity contribution in [3.63, 3.8) is 0 Å². The summed E-state index contributed by atoms with van der Waals surface area (Å²) in [5.41, 5.74) is 2.44. The largest absolute Gasteiger partial charge is 0.490 e. The summed E-state index contributed by atoms with van der Waals surface area (Å²) in [7, 11) is 0. The van der Waals surface area contributed by atoms with Gasteiger partial charge in [0.15, 0.2) is 6.61 Å². The Morgan fingerprint density at radius 3 is 2.74 bits per heavy atom. The average Bonchev–Trinajstić information content (AvgIpc) is 3.51. The fourth-order valence-electron chi connectivity index (χ4n) is 3.89. The van der Waals surface area contributed by atoms with Crippen molar-refractivity contribution in [2.75, 3.05) is 19.8 Å². The quantitative estimate of drug-likeness (QED) is 0.234. The van der Waals surface area contributed by atoms with Crippen molar-refractivity contribution in [2.24, 2.45) is 0 Å². The first-order valence-electron chi connectivity index (χ1n) is 11.3. The molecule has 0 saturated carbocycles. The number of β-amino-alcohol motifs (C(OH)–C–C–N with tert-alkyl or cyclic N) is 1. The number of benzene rings is 2. The van der Waals surface area contributed by atoms with Crippen LogP contribution in [0.25, 0.3) is 21.5 Å². The number of aliphatic carboxylic acids is 1. The van der Waals surface area contributed by atoms with Crippen molar-refractivity contribution in [2.45, 2.75) is 31.9 Å². The zero-order valence-electron chi connectivity index (χ0n) is 19.7. The Labute approximate surface area is 207 Å². The number of aliphatic hydroxyl groups is 1. The smallest absolute Gasteiger partial charge is 0.341 e. The van der Waals surface area contributed by atoms with Crippen LogP contribution in [-0.4, -0.2) is 57.6 Å². The van der Waals surface area contributed by atoms with Gasteiger partial charge in [0, 0.05) is 35.2 Å². The number of rotatable bonds is 12. The molecule has 184 valence electrons. The summed E-state index contributed by atoms with van der Waals surface area (Å²) in [6.45, 7) is 4.27. The highest BCUT2D eigenvalue weighted by Crippen LogP contribution is 2.31. The normalized spacial score (nSPS) is 12.5. The molecule has 0 aliphatic heterocycles. The van der Waals surface area contributed by atoms with E-state index in [1.165, 1.54) is 0 Å². The molecule has 9 heteroatoms. The monoisotopic (exact) mass is 495 g/mol. The van der Waals surface area contributed by atoms with Gasteiger partial charge in [-0.05, 0) is 44.0 Å². The lowest BCUT2D eigenvalue weighted by Gasteiger charge is -2.28. The van der Waals surface area contributed by atoms with E-state index < -0.39 is 18.7 Å². The fraction of sp³-hybridized carbons (Fsp3) is 0.308. The second-order valence-electron chi connectivity index (χ2n) is 8.91. The second-order valence-corrected chi connectivity index (χ2v) is 9.81. The number of ether oxygens (including phenoxy) is 2. The van der Waals surface area contributed by atoms with Gasteiger partial charge in [0.05, 0.1) is 11.1 Å². The Kier molecular flexibility index (Phi) is 7.70. The summed E-state index contributed by atoms with van der Waals surface area (Å²) in [6.07, 6.45) is 3.67. The number of aliphatic hydroxyl groups excluding tert-OH is 1. The highest BCUT2D eigenvalue weighted by Gasteiger charge is 2.22. The summed E-state index contributed by atoms with van der Waals surface area (Å²) in [6, 6.07) is 13.3. The van der Waals surface area contributed by atoms with Gasteiger partial charge in [0.1, 0.15) is 29.2 Å². The molecule has 4 aromatic rings. The molecule has 2 aromatic carbocycles. The highest BCUT2D eigenvalue weighted by molar-refractivity contribution is 7.13. The Bertz CT molecular complexity index is 1270. The minimum atomic E-state index is -1.02. The number of carbonyl (C=O) groups is 1. The van der Waals surface area contributed by atoms with Crippen molar-refractivity contribution < 1.29 is 24.5 Å². The van der Waals surface area contributed by atoms with E-state index >= 15 is 0 Å². The Balaban J connectivity index is 1.34. The molecule has 2 heterocycles. The molecule has 35 heavy (non-hydrogen) atoms. The van der Waals surface area contributed by atoms with Crippen LogP contribution in [0.5, 0.6) is 11.5 Å². The maximum Gasteiger partial charge on any atom is 0.341 e. The summed E-state index contributed by atoms with van der Waals surface area (Å²) in [5.74, 6) is 0.182. The van der Waals surface area contributed by atoms with Gasteiger partial charge in [-0.2, -0.15) is 0 Å². The van der Waals surface area contributed by atoms with Gasteiger partial charge >= 0.3 is 5.97 Å². The van der Waals surface area contributed by atoms with E-state index in [0.717, 1.165) is 27.0 Å². The van der Waals surface area contributed by atoms with Crippen molar-refractivity contribution in [3.05, 3.63) is 65.8 Å². The van der Waals surface area contributed by atoms with E-state index in [0.29, 0.717) is 24.5 Å². The molecule has 4 rings (SSSR count). The number of aromatic amines is 1. The van der Waals surface area contributed by atoms with E-state index in [-0.39, 0.29) is 12.1 Å². The third-order valence-corrected chi connectivity index (χ3v) is 6.35. The van der Waals surface area contributed by atoms with Gasteiger partial charge in [0.25, 0.3) is 0 Å². The number of para-hydroxylation sites is 2. The summed E-state index contributed by atoms with van der Waals surface area (Å²) < 4.78 is 11.3. The summed E-state index contributed by atoms with van der Waals surface area (Å²) in [4.78, 5) is 18.4. The topological polar surface area (TPSA) is 117 Å². The maximum absolute atomic E-state index is 10.9. The lowest BCUT2D eigenvalue weighted by Crippen LogP contribution is -2.46. The van der Waals surface area contributed by atoms with Crippen molar-refractivity contribution in [3.8, 4) is 22.1 Å². The number of nitrogens with one attached hydrogen (secondary N) is 2. The highest BCUT2D eigenvalue weighted by atomic mass is 32.1. The van der Waals surface area contributed by atoms with Gasteiger partial charge in [-0.15, -0.1) is 11.3 Å². The minimum absolute atomic E-state index is 0.156. The SMILES string of the molecule is CC(C)(Cc1c[nH]c2c(OCC(=O)O)cccc12)NC[C@H](O)COc1ccccc1-c1nccs1. The van der Waals surface area contributed by atoms with E-state index in [1.807, 2.05) is 48.0 Å². The first-order valence-corrected chi connectivity index (χ1v) is 12.2. The first-order chi connectivity index (χ1) is 16.8. The van der Waals surface area contributed by atoms with Crippen LogP contribution in [0.2, 0.25) is 0 Å². The molecular formula is C26H29N3O5S. The predicted octanol–water partition coefficient (Wildman–Crippen LogP) is 4.11. The lowest BCUT2D eigenvalue weighted by molar-refractivity contribution is -0.139. The number of H-pyrrole nitrogens is 1. The Hall–Kier alpha value is -3.40. The number of hydrogen-bond donors (Lipinski definition) is 4. The van der Waals surface area contributed by atoms with Crippen LogP contribution in [0.3, 0.4) is 0 Å². The molecular weight excluding hydrogens is 466 g/mol. The van der Waals surface area contributed by atoms with Gasteiger partial charge < -0.3 is 30.0 Å². The molecule has 0 amide bonds. The molecule has 0 bridgehead atoms. The number of thiazole rings is 1. The molecule has 2 aromatic heterocycles. The molecule has 0 aliphatic rings. The number of carboxylic acids is 1. The fourth-order valence-corrected chi connectivity index (χ4v) is 4.56. The van der Waals surface area contributed by atoms with Gasteiger partial charge in [-0.1, -0.05) is 24.3 Å². The molecule has 0 fully saturated rings. The first kappa shape index (κ1) is 24.7. The van der Waals surface area contributed by atoms with Crippen LogP contribution < -0.4 is 14.8 Å². The van der Waals surface area contributed by atoms with Gasteiger partial charge in [-0.25, -0.2) is 9.78 Å². The van der Waals surface area contributed by atoms with E-state index in [2.05, 4.69) is 29.1 Å². The molecule has 0 spiro atoms. The third-order valence-electron chi connectivity index (χ3n) is 5.54. The third kappa shape index (κ3) is 6.39. The van der Waals surface area contributed by atoms with Crippen molar-refractivity contribution in [1.29, 1.82) is 0 Å². The number of nitrogens with zero attached hydrogens (tertiary/aromatic N) is 1. The van der Waals surface area contributed by atoms with Crippen LogP contribution in [0.1, 0.15) is 19.4 Å². The van der Waals surface area contributed by atoms with Crippen LogP contribution in [-0.2, 0) is 11.2 Å². The molecule has 4 N–H and O–H groups in total. The Morgan fingerprint density at radius 2 is 1.97 bits per heavy atom. The van der Waals surface area contributed by atoms with Crippen LogP contribution in [0.15, 0.2) is 60.2 Å². The van der Waals surface area contributed by atoms with Crippen LogP contribution in [0, 0.1) is 0 Å².